The summed E-state index contributed by atoms with van der Waals surface area (Å²) < 4.78 is 47.0. The van der Waals surface area contributed by atoms with Gasteiger partial charge >= 0.3 is 10.1 Å². The van der Waals surface area contributed by atoms with Gasteiger partial charge in [-0.15, -0.1) is 0 Å². The second-order valence-corrected chi connectivity index (χ2v) is 8.06. The minimum absolute atomic E-state index is 0.00311. The first-order chi connectivity index (χ1) is 13.0. The highest BCUT2D eigenvalue weighted by Crippen LogP contribution is 2.43. The molecule has 1 saturated heterocycles. The Morgan fingerprint density at radius 3 is 2.67 bits per heavy atom. The van der Waals surface area contributed by atoms with E-state index in [1.165, 1.54) is 32.4 Å². The maximum Gasteiger partial charge on any atom is 0.339 e. The molecule has 2 atom stereocenters. The SMILES string of the molecule is COc1ccc(S(=O)(=O)Oc2ccc3c(c2)C2CCNCC2O3)cc1OC. The van der Waals surface area contributed by atoms with Gasteiger partial charge in [0.1, 0.15) is 22.5 Å². The van der Waals surface area contributed by atoms with Crippen molar-refractivity contribution in [2.24, 2.45) is 0 Å². The van der Waals surface area contributed by atoms with Gasteiger partial charge in [-0.1, -0.05) is 0 Å². The van der Waals surface area contributed by atoms with Crippen molar-refractivity contribution in [1.29, 1.82) is 0 Å². The summed E-state index contributed by atoms with van der Waals surface area (Å²) in [6.45, 7) is 1.71. The minimum atomic E-state index is -4.01. The number of rotatable bonds is 5. The molecule has 0 radical (unpaired) electrons. The number of methoxy groups -OCH3 is 2. The van der Waals surface area contributed by atoms with Crippen LogP contribution in [0, 0.1) is 0 Å². The average molecular weight is 391 g/mol. The van der Waals surface area contributed by atoms with E-state index in [2.05, 4.69) is 5.32 Å². The number of hydrogen-bond acceptors (Lipinski definition) is 7. The molecule has 8 heteroatoms. The van der Waals surface area contributed by atoms with Gasteiger partial charge in [-0.05, 0) is 43.3 Å². The van der Waals surface area contributed by atoms with Gasteiger partial charge in [-0.2, -0.15) is 8.42 Å². The molecule has 2 aliphatic rings. The van der Waals surface area contributed by atoms with Crippen LogP contribution < -0.4 is 23.7 Å². The molecule has 0 amide bonds. The fraction of sp³-hybridized carbons (Fsp3) is 0.368. The lowest BCUT2D eigenvalue weighted by Gasteiger charge is -2.24. The molecule has 2 aromatic rings. The zero-order valence-corrected chi connectivity index (χ0v) is 15.9. The molecule has 0 spiro atoms. The molecule has 2 heterocycles. The lowest BCUT2D eigenvalue weighted by molar-refractivity contribution is 0.177. The largest absolute Gasteiger partial charge is 0.493 e. The second kappa shape index (κ2) is 6.94. The van der Waals surface area contributed by atoms with E-state index in [1.807, 2.05) is 0 Å². The summed E-state index contributed by atoms with van der Waals surface area (Å²) >= 11 is 0. The molecule has 2 unspecified atom stereocenters. The summed E-state index contributed by atoms with van der Waals surface area (Å²) in [6.07, 6.45) is 1.04. The molecular weight excluding hydrogens is 370 g/mol. The standard InChI is InChI=1S/C19H21NO6S/c1-23-17-6-4-13(10-18(17)24-2)27(21,22)26-12-3-5-16-15(9-12)14-7-8-20-11-19(14)25-16/h3-6,9-10,14,19-20H,7-8,11H2,1-2H3. The monoisotopic (exact) mass is 391 g/mol. The Morgan fingerprint density at radius 2 is 1.89 bits per heavy atom. The molecule has 0 bridgehead atoms. The third-order valence-corrected chi connectivity index (χ3v) is 6.18. The number of ether oxygens (including phenoxy) is 3. The Balaban J connectivity index is 1.61. The van der Waals surface area contributed by atoms with E-state index in [-0.39, 0.29) is 22.7 Å². The maximum absolute atomic E-state index is 12.7. The van der Waals surface area contributed by atoms with Gasteiger partial charge in [-0.25, -0.2) is 0 Å². The summed E-state index contributed by atoms with van der Waals surface area (Å²) in [6, 6.07) is 9.49. The van der Waals surface area contributed by atoms with E-state index in [1.54, 1.807) is 18.2 Å². The lowest BCUT2D eigenvalue weighted by Crippen LogP contribution is -2.39. The van der Waals surface area contributed by atoms with Crippen molar-refractivity contribution in [3.05, 3.63) is 42.0 Å². The van der Waals surface area contributed by atoms with Gasteiger partial charge in [0.15, 0.2) is 11.5 Å². The van der Waals surface area contributed by atoms with Crippen molar-refractivity contribution in [2.75, 3.05) is 27.3 Å². The van der Waals surface area contributed by atoms with Gasteiger partial charge in [0.2, 0.25) is 0 Å². The fourth-order valence-electron chi connectivity index (χ4n) is 3.60. The molecule has 1 fully saturated rings. The highest BCUT2D eigenvalue weighted by atomic mass is 32.2. The van der Waals surface area contributed by atoms with Gasteiger partial charge < -0.3 is 23.7 Å². The Hall–Kier alpha value is -2.45. The Labute approximate surface area is 158 Å². The summed E-state index contributed by atoms with van der Waals surface area (Å²) in [5, 5.41) is 3.31. The van der Waals surface area contributed by atoms with Crippen LogP contribution in [0.4, 0.5) is 0 Å². The molecule has 0 aliphatic carbocycles. The van der Waals surface area contributed by atoms with E-state index in [9.17, 15) is 8.42 Å². The Bertz CT molecular complexity index is 959. The van der Waals surface area contributed by atoms with Crippen LogP contribution in [-0.2, 0) is 10.1 Å². The molecule has 4 rings (SSSR count). The second-order valence-electron chi connectivity index (χ2n) is 6.51. The van der Waals surface area contributed by atoms with Crippen molar-refractivity contribution < 1.29 is 26.8 Å². The zero-order chi connectivity index (χ0) is 19.0. The van der Waals surface area contributed by atoms with Gasteiger partial charge in [0.25, 0.3) is 0 Å². The van der Waals surface area contributed by atoms with Gasteiger partial charge in [-0.3, -0.25) is 0 Å². The number of hydrogen-bond donors (Lipinski definition) is 1. The normalized spacial score (nSPS) is 21.0. The molecule has 7 nitrogen and oxygen atoms in total. The van der Waals surface area contributed by atoms with Crippen LogP contribution in [0.25, 0.3) is 0 Å². The van der Waals surface area contributed by atoms with Crippen LogP contribution in [0.2, 0.25) is 0 Å². The quantitative estimate of drug-likeness (QED) is 0.783. The van der Waals surface area contributed by atoms with Crippen molar-refractivity contribution in [1.82, 2.24) is 5.32 Å². The number of nitrogens with one attached hydrogen (secondary N) is 1. The predicted octanol–water partition coefficient (Wildman–Crippen LogP) is 2.31. The first-order valence-electron chi connectivity index (χ1n) is 8.69. The first-order valence-corrected chi connectivity index (χ1v) is 10.1. The van der Waals surface area contributed by atoms with Crippen LogP contribution in [-0.4, -0.2) is 41.8 Å². The molecule has 2 aliphatic heterocycles. The third-order valence-electron chi connectivity index (χ3n) is 4.94. The Morgan fingerprint density at radius 1 is 1.07 bits per heavy atom. The molecule has 144 valence electrons. The number of fused-ring (bicyclic) bond motifs is 3. The van der Waals surface area contributed by atoms with E-state index in [0.717, 1.165) is 30.8 Å². The van der Waals surface area contributed by atoms with Crippen LogP contribution in [0.15, 0.2) is 41.3 Å². The van der Waals surface area contributed by atoms with Gasteiger partial charge in [0.05, 0.1) is 14.2 Å². The van der Waals surface area contributed by atoms with Crippen LogP contribution >= 0.6 is 0 Å². The smallest absolute Gasteiger partial charge is 0.339 e. The summed E-state index contributed by atoms with van der Waals surface area (Å²) in [7, 11) is -1.07. The molecule has 27 heavy (non-hydrogen) atoms. The van der Waals surface area contributed by atoms with Crippen LogP contribution in [0.1, 0.15) is 17.9 Å². The molecular formula is C19H21NO6S. The van der Waals surface area contributed by atoms with Crippen molar-refractivity contribution in [3.63, 3.8) is 0 Å². The van der Waals surface area contributed by atoms with Crippen LogP contribution in [0.3, 0.4) is 0 Å². The van der Waals surface area contributed by atoms with E-state index < -0.39 is 10.1 Å². The minimum Gasteiger partial charge on any atom is -0.493 e. The van der Waals surface area contributed by atoms with E-state index >= 15 is 0 Å². The average Bonchev–Trinajstić information content (AvgIpc) is 3.05. The fourth-order valence-corrected chi connectivity index (χ4v) is 4.53. The summed E-state index contributed by atoms with van der Waals surface area (Å²) in [5.74, 6) is 2.09. The third kappa shape index (κ3) is 3.30. The first kappa shape index (κ1) is 17.9. The topological polar surface area (TPSA) is 83.1 Å². The van der Waals surface area contributed by atoms with E-state index in [0.29, 0.717) is 11.5 Å². The molecule has 2 aromatic carbocycles. The van der Waals surface area contributed by atoms with Crippen molar-refractivity contribution >= 4 is 10.1 Å². The predicted molar refractivity (Wildman–Crippen MR) is 98.4 cm³/mol. The number of piperidine rings is 1. The molecule has 0 aromatic heterocycles. The number of benzene rings is 2. The Kier molecular flexibility index (Phi) is 4.61. The maximum atomic E-state index is 12.7. The van der Waals surface area contributed by atoms with Crippen LogP contribution in [0.5, 0.6) is 23.0 Å². The summed E-state index contributed by atoms with van der Waals surface area (Å²) in [4.78, 5) is -0.00311. The molecule has 0 saturated carbocycles. The highest BCUT2D eigenvalue weighted by Gasteiger charge is 2.36. The van der Waals surface area contributed by atoms with Crippen molar-refractivity contribution in [3.8, 4) is 23.0 Å². The lowest BCUT2D eigenvalue weighted by atomic mass is 9.90. The van der Waals surface area contributed by atoms with Gasteiger partial charge in [0, 0.05) is 24.1 Å². The van der Waals surface area contributed by atoms with Crippen molar-refractivity contribution in [2.45, 2.75) is 23.3 Å². The van der Waals surface area contributed by atoms with E-state index in [4.69, 9.17) is 18.4 Å². The highest BCUT2D eigenvalue weighted by molar-refractivity contribution is 7.87. The molecule has 1 N–H and O–H groups in total. The summed E-state index contributed by atoms with van der Waals surface area (Å²) in [5.41, 5.74) is 1.00. The zero-order valence-electron chi connectivity index (χ0n) is 15.1.